The first kappa shape index (κ1) is 18.2. The van der Waals surface area contributed by atoms with Gasteiger partial charge >= 0.3 is 0 Å². The fourth-order valence-corrected chi connectivity index (χ4v) is 1.55. The Morgan fingerprint density at radius 2 is 1.60 bits per heavy atom. The maximum absolute atomic E-state index is 12.8. The Morgan fingerprint density at radius 3 is 2.05 bits per heavy atom. The van der Waals surface area contributed by atoms with Gasteiger partial charge in [-0.2, -0.15) is 0 Å². The van der Waals surface area contributed by atoms with Crippen LogP contribution in [0.4, 0.5) is 4.39 Å². The lowest BCUT2D eigenvalue weighted by atomic mass is 9.99. The number of carbonyl (C=O) groups is 2. The number of carbonyl (C=O) groups excluding carboxylic acids is 2. The Kier molecular flexibility index (Phi) is 9.18. The van der Waals surface area contributed by atoms with Gasteiger partial charge in [0.15, 0.2) is 5.78 Å². The van der Waals surface area contributed by atoms with Gasteiger partial charge in [-0.05, 0) is 23.8 Å². The summed E-state index contributed by atoms with van der Waals surface area (Å²) in [6.45, 7) is 7.53. The van der Waals surface area contributed by atoms with Crippen LogP contribution in [-0.4, -0.2) is 11.6 Å². The smallest absolute Gasteiger partial charge is 0.159 e. The molecule has 1 aromatic rings. The van der Waals surface area contributed by atoms with Crippen LogP contribution in [0, 0.1) is 5.82 Å². The highest BCUT2D eigenvalue weighted by Crippen LogP contribution is 2.14. The van der Waals surface area contributed by atoms with E-state index in [0.29, 0.717) is 18.4 Å². The highest BCUT2D eigenvalue weighted by Gasteiger charge is 2.11. The predicted octanol–water partition coefficient (Wildman–Crippen LogP) is 4.58. The first-order valence-corrected chi connectivity index (χ1v) is 7.07. The molecular formula is C17H23FO2. The number of rotatable bonds is 6. The summed E-state index contributed by atoms with van der Waals surface area (Å²) in [5.41, 5.74) is 1.23. The first-order valence-electron chi connectivity index (χ1n) is 7.07. The van der Waals surface area contributed by atoms with E-state index in [1.165, 1.54) is 12.1 Å². The molecule has 0 atom stereocenters. The molecule has 20 heavy (non-hydrogen) atoms. The summed E-state index contributed by atoms with van der Waals surface area (Å²) in [5, 5.41) is 0. The molecule has 0 heterocycles. The maximum Gasteiger partial charge on any atom is 0.159 e. The maximum atomic E-state index is 12.8. The van der Waals surface area contributed by atoms with Crippen molar-refractivity contribution in [3.63, 3.8) is 0 Å². The summed E-state index contributed by atoms with van der Waals surface area (Å²) in [7, 11) is 0. The monoisotopic (exact) mass is 278 g/mol. The van der Waals surface area contributed by atoms with Gasteiger partial charge in [0, 0.05) is 24.8 Å². The number of benzene rings is 1. The van der Waals surface area contributed by atoms with Crippen LogP contribution in [-0.2, 0) is 9.59 Å². The Labute approximate surface area is 120 Å². The molecule has 0 bridgehead atoms. The van der Waals surface area contributed by atoms with Gasteiger partial charge in [0.25, 0.3) is 0 Å². The van der Waals surface area contributed by atoms with Crippen molar-refractivity contribution in [2.45, 2.75) is 47.0 Å². The highest BCUT2D eigenvalue weighted by atomic mass is 19.1. The van der Waals surface area contributed by atoms with E-state index in [1.54, 1.807) is 32.1 Å². The minimum atomic E-state index is -0.319. The van der Waals surface area contributed by atoms with Gasteiger partial charge in [-0.15, -0.1) is 0 Å². The lowest BCUT2D eigenvalue weighted by Crippen LogP contribution is -2.06. The van der Waals surface area contributed by atoms with E-state index in [1.807, 2.05) is 13.8 Å². The van der Waals surface area contributed by atoms with Crippen molar-refractivity contribution in [3.05, 3.63) is 41.2 Å². The van der Waals surface area contributed by atoms with E-state index >= 15 is 0 Å². The van der Waals surface area contributed by atoms with Crippen LogP contribution in [0.3, 0.4) is 0 Å². The second-order valence-electron chi connectivity index (χ2n) is 4.07. The zero-order valence-corrected chi connectivity index (χ0v) is 12.7. The Bertz CT molecular complexity index is 458. The molecule has 0 fully saturated rings. The second kappa shape index (κ2) is 10.1. The zero-order chi connectivity index (χ0) is 15.5. The molecule has 0 radical (unpaired) electrons. The molecule has 1 aromatic carbocycles. The standard InChI is InChI=1S/C15H17FO2.C2H6/c1-3-14(17)10-12(15(18)4-2)9-11-5-7-13(16)8-6-11;1-2/h5-9H,3-4,10H2,1-2H3;1-2H3/b12-9+;. The van der Waals surface area contributed by atoms with Crippen molar-refractivity contribution in [1.82, 2.24) is 0 Å². The number of ketones is 2. The third kappa shape index (κ3) is 6.41. The fourth-order valence-electron chi connectivity index (χ4n) is 1.55. The molecule has 0 saturated heterocycles. The molecule has 0 N–H and O–H groups in total. The van der Waals surface area contributed by atoms with Crippen molar-refractivity contribution in [2.24, 2.45) is 0 Å². The summed E-state index contributed by atoms with van der Waals surface area (Å²) in [6, 6.07) is 5.85. The number of allylic oxidation sites excluding steroid dienone is 1. The van der Waals surface area contributed by atoms with Gasteiger partial charge < -0.3 is 0 Å². The topological polar surface area (TPSA) is 34.1 Å². The highest BCUT2D eigenvalue weighted by molar-refractivity contribution is 6.03. The average Bonchev–Trinajstić information content (AvgIpc) is 2.49. The van der Waals surface area contributed by atoms with Crippen LogP contribution in [0.1, 0.15) is 52.5 Å². The molecule has 1 rings (SSSR count). The van der Waals surface area contributed by atoms with Crippen LogP contribution in [0.5, 0.6) is 0 Å². The van der Waals surface area contributed by atoms with E-state index in [-0.39, 0.29) is 23.8 Å². The molecule has 3 heteroatoms. The van der Waals surface area contributed by atoms with E-state index in [0.717, 1.165) is 5.56 Å². The van der Waals surface area contributed by atoms with E-state index in [4.69, 9.17) is 0 Å². The van der Waals surface area contributed by atoms with Crippen molar-refractivity contribution >= 4 is 17.6 Å². The van der Waals surface area contributed by atoms with Crippen LogP contribution in [0.15, 0.2) is 29.8 Å². The van der Waals surface area contributed by atoms with Gasteiger partial charge in [-0.3, -0.25) is 9.59 Å². The van der Waals surface area contributed by atoms with E-state index < -0.39 is 0 Å². The first-order chi connectivity index (χ1) is 9.56. The minimum absolute atomic E-state index is 0.0326. The quantitative estimate of drug-likeness (QED) is 0.713. The average molecular weight is 278 g/mol. The zero-order valence-electron chi connectivity index (χ0n) is 12.7. The molecular weight excluding hydrogens is 255 g/mol. The van der Waals surface area contributed by atoms with Crippen LogP contribution in [0.25, 0.3) is 6.08 Å². The minimum Gasteiger partial charge on any atom is -0.299 e. The summed E-state index contributed by atoms with van der Waals surface area (Å²) in [5.74, 6) is -0.327. The van der Waals surface area contributed by atoms with Crippen molar-refractivity contribution in [1.29, 1.82) is 0 Å². The van der Waals surface area contributed by atoms with Crippen molar-refractivity contribution < 1.29 is 14.0 Å². The summed E-state index contributed by atoms with van der Waals surface area (Å²) < 4.78 is 12.8. The summed E-state index contributed by atoms with van der Waals surface area (Å²) >= 11 is 0. The fraction of sp³-hybridized carbons (Fsp3) is 0.412. The molecule has 0 amide bonds. The molecule has 110 valence electrons. The molecule has 0 aliphatic heterocycles. The van der Waals surface area contributed by atoms with Crippen LogP contribution < -0.4 is 0 Å². The lowest BCUT2D eigenvalue weighted by molar-refractivity contribution is -0.120. The van der Waals surface area contributed by atoms with E-state index in [9.17, 15) is 14.0 Å². The second-order valence-corrected chi connectivity index (χ2v) is 4.07. The largest absolute Gasteiger partial charge is 0.299 e. The molecule has 0 unspecified atom stereocenters. The number of halogens is 1. The molecule has 0 aliphatic rings. The number of hydrogen-bond donors (Lipinski definition) is 0. The normalized spacial score (nSPS) is 10.6. The van der Waals surface area contributed by atoms with Crippen LogP contribution >= 0.6 is 0 Å². The predicted molar refractivity (Wildman–Crippen MR) is 80.9 cm³/mol. The molecule has 2 nitrogen and oxygen atoms in total. The lowest BCUT2D eigenvalue weighted by Gasteiger charge is -2.04. The Morgan fingerprint density at radius 1 is 1.05 bits per heavy atom. The van der Waals surface area contributed by atoms with Gasteiger partial charge in [-0.1, -0.05) is 39.8 Å². The Hall–Kier alpha value is -1.77. The van der Waals surface area contributed by atoms with Gasteiger partial charge in [0.2, 0.25) is 0 Å². The van der Waals surface area contributed by atoms with Crippen molar-refractivity contribution in [2.75, 3.05) is 0 Å². The third-order valence-electron chi connectivity index (χ3n) is 2.67. The molecule has 0 aliphatic carbocycles. The van der Waals surface area contributed by atoms with Crippen LogP contribution in [0.2, 0.25) is 0 Å². The number of Topliss-reactive ketones (excluding diaryl/α,β-unsaturated/α-hetero) is 2. The third-order valence-corrected chi connectivity index (χ3v) is 2.67. The van der Waals surface area contributed by atoms with Gasteiger partial charge in [-0.25, -0.2) is 4.39 Å². The molecule has 0 saturated carbocycles. The van der Waals surface area contributed by atoms with Crippen molar-refractivity contribution in [3.8, 4) is 0 Å². The molecule has 0 aromatic heterocycles. The molecule has 0 spiro atoms. The van der Waals surface area contributed by atoms with Gasteiger partial charge in [0.05, 0.1) is 0 Å². The Balaban J connectivity index is 0.00000172. The van der Waals surface area contributed by atoms with Gasteiger partial charge in [0.1, 0.15) is 11.6 Å². The summed E-state index contributed by atoms with van der Waals surface area (Å²) in [6.07, 6.45) is 2.60. The van der Waals surface area contributed by atoms with E-state index in [2.05, 4.69) is 0 Å². The number of hydrogen-bond acceptors (Lipinski definition) is 2. The summed E-state index contributed by atoms with van der Waals surface area (Å²) in [4.78, 5) is 23.2. The SMILES string of the molecule is CC.CCC(=O)C/C(=C\c1ccc(F)cc1)C(=O)CC.